The van der Waals surface area contributed by atoms with Gasteiger partial charge in [-0.15, -0.1) is 0 Å². The molecule has 1 aliphatic rings. The summed E-state index contributed by atoms with van der Waals surface area (Å²) in [6, 6.07) is 5.67. The number of hydrogen-bond donors (Lipinski definition) is 1. The Morgan fingerprint density at radius 3 is 2.89 bits per heavy atom. The Bertz CT molecular complexity index is 408. The van der Waals surface area contributed by atoms with Crippen molar-refractivity contribution >= 4 is 11.6 Å². The Morgan fingerprint density at radius 2 is 2.22 bits per heavy atom. The maximum absolute atomic E-state index is 9.67. The number of hydrogen-bond acceptors (Lipinski definition) is 3. The summed E-state index contributed by atoms with van der Waals surface area (Å²) >= 11 is 6.08. The van der Waals surface area contributed by atoms with Crippen molar-refractivity contribution in [1.29, 1.82) is 0 Å². The van der Waals surface area contributed by atoms with E-state index in [2.05, 4.69) is 0 Å². The first-order valence-corrected chi connectivity index (χ1v) is 6.72. The smallest absolute Gasteiger partial charge is 0.138 e. The first-order chi connectivity index (χ1) is 8.61. The van der Waals surface area contributed by atoms with Gasteiger partial charge in [0.05, 0.1) is 11.1 Å². The first kappa shape index (κ1) is 13.7. The third kappa shape index (κ3) is 2.97. The largest absolute Gasteiger partial charge is 0.486 e. The maximum atomic E-state index is 9.67. The van der Waals surface area contributed by atoms with E-state index < -0.39 is 6.10 Å². The summed E-state index contributed by atoms with van der Waals surface area (Å²) in [5.74, 6) is 0.665. The number of aryl methyl sites for hydroxylation is 1. The highest BCUT2D eigenvalue weighted by molar-refractivity contribution is 6.32. The fourth-order valence-corrected chi connectivity index (χ4v) is 2.17. The van der Waals surface area contributed by atoms with Gasteiger partial charge in [-0.05, 0) is 31.0 Å². The Morgan fingerprint density at radius 1 is 1.44 bits per heavy atom. The summed E-state index contributed by atoms with van der Waals surface area (Å²) in [5, 5.41) is 10.3. The highest BCUT2D eigenvalue weighted by Gasteiger charge is 2.43. The molecule has 3 atom stereocenters. The molecule has 1 saturated carbocycles. The molecule has 0 amide bonds. The summed E-state index contributed by atoms with van der Waals surface area (Å²) in [7, 11) is 0. The third-order valence-corrected chi connectivity index (χ3v) is 3.41. The maximum Gasteiger partial charge on any atom is 0.138 e. The van der Waals surface area contributed by atoms with Crippen molar-refractivity contribution in [2.45, 2.75) is 45.0 Å². The van der Waals surface area contributed by atoms with Crippen molar-refractivity contribution in [3.8, 4) is 5.75 Å². The van der Waals surface area contributed by atoms with Crippen LogP contribution in [0.4, 0.5) is 0 Å². The van der Waals surface area contributed by atoms with Gasteiger partial charge in [0.15, 0.2) is 0 Å². The van der Waals surface area contributed by atoms with Crippen LogP contribution in [0, 0.1) is 6.92 Å². The van der Waals surface area contributed by atoms with Gasteiger partial charge in [-0.25, -0.2) is 0 Å². The fraction of sp³-hybridized carbons (Fsp3) is 0.571. The molecule has 1 aromatic carbocycles. The van der Waals surface area contributed by atoms with Crippen LogP contribution < -0.4 is 4.74 Å². The molecule has 3 nitrogen and oxygen atoms in total. The summed E-state index contributed by atoms with van der Waals surface area (Å²) in [5.41, 5.74) is 1.10. The second-order valence-corrected chi connectivity index (χ2v) is 5.14. The summed E-state index contributed by atoms with van der Waals surface area (Å²) in [6.07, 6.45) is 0.761. The molecule has 2 rings (SSSR count). The van der Waals surface area contributed by atoms with Gasteiger partial charge in [0.25, 0.3) is 0 Å². The van der Waals surface area contributed by atoms with Gasteiger partial charge in [-0.3, -0.25) is 0 Å². The standard InChI is InChI=1S/C14H19ClO3/c1-3-6-17-14-11(16)8-13(14)18-12-7-9(2)4-5-10(12)15/h4-5,7,11,13-14,16H,3,6,8H2,1-2H3. The average molecular weight is 271 g/mol. The summed E-state index contributed by atoms with van der Waals surface area (Å²) < 4.78 is 11.4. The van der Waals surface area contributed by atoms with E-state index in [1.807, 2.05) is 32.0 Å². The number of halogens is 1. The van der Waals surface area contributed by atoms with Crippen LogP contribution in [0.1, 0.15) is 25.3 Å². The van der Waals surface area contributed by atoms with E-state index in [-0.39, 0.29) is 12.2 Å². The molecule has 100 valence electrons. The van der Waals surface area contributed by atoms with E-state index in [0.717, 1.165) is 12.0 Å². The first-order valence-electron chi connectivity index (χ1n) is 6.34. The molecule has 0 aromatic heterocycles. The molecule has 1 N–H and O–H groups in total. The number of ether oxygens (including phenoxy) is 2. The fourth-order valence-electron chi connectivity index (χ4n) is 2.01. The van der Waals surface area contributed by atoms with Crippen LogP contribution in [0.2, 0.25) is 5.02 Å². The summed E-state index contributed by atoms with van der Waals surface area (Å²) in [6.45, 7) is 4.67. The van der Waals surface area contributed by atoms with Gasteiger partial charge < -0.3 is 14.6 Å². The Kier molecular flexibility index (Phi) is 4.49. The van der Waals surface area contributed by atoms with Crippen LogP contribution >= 0.6 is 11.6 Å². The van der Waals surface area contributed by atoms with Crippen molar-refractivity contribution in [3.05, 3.63) is 28.8 Å². The van der Waals surface area contributed by atoms with Crippen LogP contribution in [0.5, 0.6) is 5.75 Å². The van der Waals surface area contributed by atoms with Gasteiger partial charge in [-0.2, -0.15) is 0 Å². The van der Waals surface area contributed by atoms with E-state index in [4.69, 9.17) is 21.1 Å². The van der Waals surface area contributed by atoms with E-state index >= 15 is 0 Å². The molecule has 3 unspecified atom stereocenters. The van der Waals surface area contributed by atoms with Gasteiger partial charge >= 0.3 is 0 Å². The van der Waals surface area contributed by atoms with Gasteiger partial charge in [-0.1, -0.05) is 24.6 Å². The Labute approximate surface area is 113 Å². The zero-order chi connectivity index (χ0) is 13.1. The predicted molar refractivity (Wildman–Crippen MR) is 71.3 cm³/mol. The van der Waals surface area contributed by atoms with Gasteiger partial charge in [0.2, 0.25) is 0 Å². The zero-order valence-corrected chi connectivity index (χ0v) is 11.5. The molecular weight excluding hydrogens is 252 g/mol. The van der Waals surface area contributed by atoms with Crippen molar-refractivity contribution in [2.24, 2.45) is 0 Å². The van der Waals surface area contributed by atoms with E-state index in [1.54, 1.807) is 0 Å². The topological polar surface area (TPSA) is 38.7 Å². The molecule has 1 aromatic rings. The SMILES string of the molecule is CCCOC1C(O)CC1Oc1cc(C)ccc1Cl. The second kappa shape index (κ2) is 5.91. The molecule has 0 saturated heterocycles. The van der Waals surface area contributed by atoms with Crippen LogP contribution in [-0.4, -0.2) is 30.0 Å². The van der Waals surface area contributed by atoms with Gasteiger partial charge in [0, 0.05) is 13.0 Å². The average Bonchev–Trinajstić information content (AvgIpc) is 2.33. The highest BCUT2D eigenvalue weighted by Crippen LogP contribution is 2.33. The number of aliphatic hydroxyl groups is 1. The molecule has 0 heterocycles. The monoisotopic (exact) mass is 270 g/mol. The van der Waals surface area contributed by atoms with Crippen molar-refractivity contribution in [3.63, 3.8) is 0 Å². The van der Waals surface area contributed by atoms with Crippen LogP contribution in [0.25, 0.3) is 0 Å². The lowest BCUT2D eigenvalue weighted by atomic mass is 9.88. The van der Waals surface area contributed by atoms with Crippen molar-refractivity contribution < 1.29 is 14.6 Å². The number of rotatable bonds is 5. The predicted octanol–water partition coefficient (Wildman–Crippen LogP) is 2.96. The molecule has 0 radical (unpaired) electrons. The number of benzene rings is 1. The molecule has 18 heavy (non-hydrogen) atoms. The molecule has 0 bridgehead atoms. The van der Waals surface area contributed by atoms with Crippen LogP contribution in [0.15, 0.2) is 18.2 Å². The second-order valence-electron chi connectivity index (χ2n) is 4.73. The zero-order valence-electron chi connectivity index (χ0n) is 10.7. The molecule has 0 aliphatic heterocycles. The van der Waals surface area contributed by atoms with E-state index in [0.29, 0.717) is 23.8 Å². The lowest BCUT2D eigenvalue weighted by molar-refractivity contribution is -0.162. The lowest BCUT2D eigenvalue weighted by Gasteiger charge is -2.41. The molecule has 0 spiro atoms. The van der Waals surface area contributed by atoms with Crippen molar-refractivity contribution in [2.75, 3.05) is 6.61 Å². The van der Waals surface area contributed by atoms with Gasteiger partial charge in [0.1, 0.15) is 18.0 Å². The van der Waals surface area contributed by atoms with Crippen LogP contribution in [-0.2, 0) is 4.74 Å². The van der Waals surface area contributed by atoms with Crippen LogP contribution in [0.3, 0.4) is 0 Å². The minimum Gasteiger partial charge on any atom is -0.486 e. The lowest BCUT2D eigenvalue weighted by Crippen LogP contribution is -2.55. The Hall–Kier alpha value is -0.770. The van der Waals surface area contributed by atoms with E-state index in [1.165, 1.54) is 0 Å². The molecule has 1 fully saturated rings. The molecular formula is C14H19ClO3. The third-order valence-electron chi connectivity index (χ3n) is 3.10. The highest BCUT2D eigenvalue weighted by atomic mass is 35.5. The summed E-state index contributed by atoms with van der Waals surface area (Å²) in [4.78, 5) is 0. The minimum absolute atomic E-state index is 0.106. The van der Waals surface area contributed by atoms with E-state index in [9.17, 15) is 5.11 Å². The molecule has 4 heteroatoms. The Balaban J connectivity index is 1.98. The van der Waals surface area contributed by atoms with Crippen molar-refractivity contribution in [1.82, 2.24) is 0 Å². The quantitative estimate of drug-likeness (QED) is 0.894. The normalized spacial score (nSPS) is 26.8. The molecule has 1 aliphatic carbocycles. The number of aliphatic hydroxyl groups excluding tert-OH is 1. The minimum atomic E-state index is -0.426.